The molecule has 1 fully saturated rings. The van der Waals surface area contributed by atoms with Crippen LogP contribution in [0.15, 0.2) is 60.7 Å². The molecule has 5 heteroatoms. The van der Waals surface area contributed by atoms with E-state index in [1.165, 1.54) is 31.5 Å². The Kier molecular flexibility index (Phi) is 5.53. The van der Waals surface area contributed by atoms with Crippen LogP contribution in [0.4, 0.5) is 5.69 Å². The van der Waals surface area contributed by atoms with Gasteiger partial charge < -0.3 is 10.2 Å². The van der Waals surface area contributed by atoms with E-state index in [9.17, 15) is 4.79 Å². The minimum atomic E-state index is -0.192. The van der Waals surface area contributed by atoms with Gasteiger partial charge in [0.1, 0.15) is 0 Å². The molecule has 0 saturated carbocycles. The Bertz CT molecular complexity index is 925. The van der Waals surface area contributed by atoms with Crippen molar-refractivity contribution in [3.05, 3.63) is 77.6 Å². The van der Waals surface area contributed by atoms with Crippen molar-refractivity contribution in [3.8, 4) is 5.69 Å². The highest BCUT2D eigenvalue weighted by Gasteiger charge is 2.14. The maximum Gasteiger partial charge on any atom is 0.276 e. The fourth-order valence-electron chi connectivity index (χ4n) is 3.66. The first-order valence-electron chi connectivity index (χ1n) is 9.94. The van der Waals surface area contributed by atoms with Crippen LogP contribution in [0.3, 0.4) is 0 Å². The summed E-state index contributed by atoms with van der Waals surface area (Å²) in [6.07, 6.45) is 3.70. The number of nitrogens with one attached hydrogen (secondary N) is 1. The molecule has 0 atom stereocenters. The molecular formula is C23H26N4O. The Morgan fingerprint density at radius 3 is 2.46 bits per heavy atom. The Morgan fingerprint density at radius 1 is 1.04 bits per heavy atom. The van der Waals surface area contributed by atoms with E-state index in [2.05, 4.69) is 27.4 Å². The molecule has 0 unspecified atom stereocenters. The van der Waals surface area contributed by atoms with Gasteiger partial charge in [0.15, 0.2) is 5.69 Å². The average molecular weight is 374 g/mol. The molecule has 1 N–H and O–H groups in total. The van der Waals surface area contributed by atoms with Gasteiger partial charge in [0.2, 0.25) is 0 Å². The number of aryl methyl sites for hydroxylation is 1. The number of aromatic nitrogens is 2. The number of hydrogen-bond donors (Lipinski definition) is 1. The van der Waals surface area contributed by atoms with E-state index in [-0.39, 0.29) is 5.91 Å². The van der Waals surface area contributed by atoms with Gasteiger partial charge in [-0.1, -0.05) is 30.3 Å². The minimum absolute atomic E-state index is 0.192. The molecule has 1 aromatic heterocycles. The number of likely N-dealkylation sites (tertiary alicyclic amines) is 1. The molecule has 1 aliphatic rings. The molecule has 5 nitrogen and oxygen atoms in total. The second-order valence-electron chi connectivity index (χ2n) is 7.37. The summed E-state index contributed by atoms with van der Waals surface area (Å²) in [5, 5.41) is 7.42. The number of para-hydroxylation sites is 1. The minimum Gasteiger partial charge on any atom is -0.321 e. The molecule has 0 aliphatic carbocycles. The molecule has 28 heavy (non-hydrogen) atoms. The van der Waals surface area contributed by atoms with Crippen LogP contribution < -0.4 is 5.32 Å². The number of nitrogens with zero attached hydrogens (tertiary/aromatic N) is 3. The molecule has 3 aromatic rings. The van der Waals surface area contributed by atoms with Crippen molar-refractivity contribution in [2.45, 2.75) is 26.2 Å². The number of amides is 1. The van der Waals surface area contributed by atoms with Gasteiger partial charge in [-0.15, -0.1) is 0 Å². The highest BCUT2D eigenvalue weighted by molar-refractivity contribution is 6.02. The van der Waals surface area contributed by atoms with E-state index >= 15 is 0 Å². The summed E-state index contributed by atoms with van der Waals surface area (Å²) in [6.45, 7) is 5.51. The molecule has 144 valence electrons. The van der Waals surface area contributed by atoms with Crippen LogP contribution in [0.25, 0.3) is 5.69 Å². The van der Waals surface area contributed by atoms with Gasteiger partial charge in [-0.3, -0.25) is 4.79 Å². The molecule has 4 rings (SSSR count). The first-order chi connectivity index (χ1) is 13.7. The zero-order valence-electron chi connectivity index (χ0n) is 16.3. The van der Waals surface area contributed by atoms with Crippen LogP contribution in [-0.2, 0) is 6.42 Å². The third-order valence-corrected chi connectivity index (χ3v) is 5.25. The van der Waals surface area contributed by atoms with Crippen molar-refractivity contribution in [3.63, 3.8) is 0 Å². The summed E-state index contributed by atoms with van der Waals surface area (Å²) < 4.78 is 1.79. The standard InChI is InChI=1S/C23H26N4O/c1-18-17-22(25-27(18)21-7-3-2-4-8-21)23(28)24-20-11-9-19(10-12-20)13-16-26-14-5-6-15-26/h2-4,7-12,17H,5-6,13-16H2,1H3,(H,24,28). The average Bonchev–Trinajstić information content (AvgIpc) is 3.38. The van der Waals surface area contributed by atoms with Gasteiger partial charge >= 0.3 is 0 Å². The van der Waals surface area contributed by atoms with Gasteiger partial charge in [-0.25, -0.2) is 4.68 Å². The first kappa shape index (κ1) is 18.4. The SMILES string of the molecule is Cc1cc(C(=O)Nc2ccc(CCN3CCCC3)cc2)nn1-c1ccccc1. The Hall–Kier alpha value is -2.92. The summed E-state index contributed by atoms with van der Waals surface area (Å²) in [7, 11) is 0. The van der Waals surface area contributed by atoms with E-state index in [1.54, 1.807) is 4.68 Å². The third kappa shape index (κ3) is 4.31. The summed E-state index contributed by atoms with van der Waals surface area (Å²) in [4.78, 5) is 15.1. The van der Waals surface area contributed by atoms with Crippen LogP contribution in [0, 0.1) is 6.92 Å². The van der Waals surface area contributed by atoms with Crippen molar-refractivity contribution in [1.82, 2.24) is 14.7 Å². The highest BCUT2D eigenvalue weighted by atomic mass is 16.1. The van der Waals surface area contributed by atoms with E-state index in [0.717, 1.165) is 30.0 Å². The number of rotatable bonds is 6. The lowest BCUT2D eigenvalue weighted by molar-refractivity contribution is 0.102. The maximum atomic E-state index is 12.6. The molecule has 2 heterocycles. The van der Waals surface area contributed by atoms with E-state index in [0.29, 0.717) is 5.69 Å². The van der Waals surface area contributed by atoms with Gasteiger partial charge in [0.05, 0.1) is 5.69 Å². The van der Waals surface area contributed by atoms with Gasteiger partial charge in [-0.2, -0.15) is 5.10 Å². The van der Waals surface area contributed by atoms with Gasteiger partial charge in [0.25, 0.3) is 5.91 Å². The summed E-state index contributed by atoms with van der Waals surface area (Å²) in [6, 6.07) is 19.8. The zero-order valence-corrected chi connectivity index (χ0v) is 16.3. The molecule has 1 saturated heterocycles. The second-order valence-corrected chi connectivity index (χ2v) is 7.37. The number of carbonyl (C=O) groups excluding carboxylic acids is 1. The van der Waals surface area contributed by atoms with Crippen molar-refractivity contribution >= 4 is 11.6 Å². The Labute approximate surface area is 166 Å². The van der Waals surface area contributed by atoms with Crippen molar-refractivity contribution in [2.24, 2.45) is 0 Å². The topological polar surface area (TPSA) is 50.2 Å². The third-order valence-electron chi connectivity index (χ3n) is 5.25. The van der Waals surface area contributed by atoms with Crippen LogP contribution in [0.2, 0.25) is 0 Å². The fraction of sp³-hybridized carbons (Fsp3) is 0.304. The van der Waals surface area contributed by atoms with Crippen LogP contribution in [0.5, 0.6) is 0 Å². The van der Waals surface area contributed by atoms with Crippen LogP contribution >= 0.6 is 0 Å². The van der Waals surface area contributed by atoms with E-state index < -0.39 is 0 Å². The maximum absolute atomic E-state index is 12.6. The van der Waals surface area contributed by atoms with Gasteiger partial charge in [-0.05, 0) is 75.2 Å². The van der Waals surface area contributed by atoms with Gasteiger partial charge in [0, 0.05) is 17.9 Å². The first-order valence-corrected chi connectivity index (χ1v) is 9.94. The molecule has 0 radical (unpaired) electrons. The predicted octanol–water partition coefficient (Wildman–Crippen LogP) is 4.07. The summed E-state index contributed by atoms with van der Waals surface area (Å²) in [5.41, 5.74) is 4.38. The summed E-state index contributed by atoms with van der Waals surface area (Å²) in [5.74, 6) is -0.192. The highest BCUT2D eigenvalue weighted by Crippen LogP contribution is 2.15. The lowest BCUT2D eigenvalue weighted by Crippen LogP contribution is -2.21. The smallest absolute Gasteiger partial charge is 0.276 e. The molecular weight excluding hydrogens is 348 g/mol. The fourth-order valence-corrected chi connectivity index (χ4v) is 3.66. The van der Waals surface area contributed by atoms with Crippen molar-refractivity contribution in [1.29, 1.82) is 0 Å². The largest absolute Gasteiger partial charge is 0.321 e. The molecule has 2 aromatic carbocycles. The molecule has 1 amide bonds. The number of hydrogen-bond acceptors (Lipinski definition) is 3. The van der Waals surface area contributed by atoms with Crippen LogP contribution in [0.1, 0.15) is 34.6 Å². The van der Waals surface area contributed by atoms with Crippen molar-refractivity contribution in [2.75, 3.05) is 25.0 Å². The number of carbonyl (C=O) groups is 1. The summed E-state index contributed by atoms with van der Waals surface area (Å²) >= 11 is 0. The van der Waals surface area contributed by atoms with Crippen LogP contribution in [-0.4, -0.2) is 40.2 Å². The van der Waals surface area contributed by atoms with E-state index in [1.807, 2.05) is 55.5 Å². The number of anilines is 1. The quantitative estimate of drug-likeness (QED) is 0.708. The number of benzene rings is 2. The van der Waals surface area contributed by atoms with E-state index in [4.69, 9.17) is 0 Å². The molecule has 0 spiro atoms. The normalized spacial score (nSPS) is 14.3. The predicted molar refractivity (Wildman–Crippen MR) is 112 cm³/mol. The lowest BCUT2D eigenvalue weighted by atomic mass is 10.1. The Balaban J connectivity index is 1.38. The lowest BCUT2D eigenvalue weighted by Gasteiger charge is -2.14. The Morgan fingerprint density at radius 2 is 1.75 bits per heavy atom. The van der Waals surface area contributed by atoms with Crippen molar-refractivity contribution < 1.29 is 4.79 Å². The molecule has 0 bridgehead atoms. The molecule has 1 aliphatic heterocycles. The second kappa shape index (κ2) is 8.40. The monoisotopic (exact) mass is 374 g/mol. The zero-order chi connectivity index (χ0) is 19.3.